The lowest BCUT2D eigenvalue weighted by Crippen LogP contribution is -2.30. The minimum Gasteiger partial charge on any atom is -0.395 e. The number of urea groups is 1. The van der Waals surface area contributed by atoms with Crippen LogP contribution in [-0.4, -0.2) is 41.6 Å². The van der Waals surface area contributed by atoms with Gasteiger partial charge in [0.2, 0.25) is 5.91 Å². The van der Waals surface area contributed by atoms with Gasteiger partial charge < -0.3 is 20.6 Å². The van der Waals surface area contributed by atoms with E-state index in [-0.39, 0.29) is 24.6 Å². The summed E-state index contributed by atoms with van der Waals surface area (Å²) in [7, 11) is 0. The van der Waals surface area contributed by atoms with Gasteiger partial charge in [-0.3, -0.25) is 4.79 Å². The molecule has 1 atom stereocenters. The van der Waals surface area contributed by atoms with Crippen LogP contribution >= 0.6 is 0 Å². The number of β-amino-alcohol motifs (C(OH)–C–C–N with tert-alkyl or cyclic N) is 1. The number of aliphatic hydroxyl groups excluding tert-OH is 1. The molecule has 0 aliphatic carbocycles. The minimum atomic E-state index is -0.159. The summed E-state index contributed by atoms with van der Waals surface area (Å²) in [4.78, 5) is 24.6. The molecule has 1 fully saturated rings. The first-order chi connectivity index (χ1) is 9.17. The first-order valence-electron chi connectivity index (χ1n) is 6.26. The Kier molecular flexibility index (Phi) is 2.87. The Labute approximate surface area is 110 Å². The van der Waals surface area contributed by atoms with Crippen molar-refractivity contribution in [2.24, 2.45) is 0 Å². The second-order valence-corrected chi connectivity index (χ2v) is 4.81. The van der Waals surface area contributed by atoms with Crippen LogP contribution in [0.2, 0.25) is 0 Å². The molecule has 2 aliphatic rings. The van der Waals surface area contributed by atoms with E-state index in [4.69, 9.17) is 5.11 Å². The van der Waals surface area contributed by atoms with Crippen LogP contribution < -0.4 is 10.6 Å². The van der Waals surface area contributed by atoms with Crippen LogP contribution in [0.4, 0.5) is 10.5 Å². The maximum absolute atomic E-state index is 11.7. The van der Waals surface area contributed by atoms with Gasteiger partial charge in [-0.25, -0.2) is 4.79 Å². The monoisotopic (exact) mass is 261 g/mol. The van der Waals surface area contributed by atoms with Gasteiger partial charge in [-0.05, 0) is 17.2 Å². The normalized spacial score (nSPS) is 21.3. The highest BCUT2D eigenvalue weighted by atomic mass is 16.3. The summed E-state index contributed by atoms with van der Waals surface area (Å²) in [6.45, 7) is 0.843. The van der Waals surface area contributed by atoms with Crippen molar-refractivity contribution in [3.63, 3.8) is 0 Å². The van der Waals surface area contributed by atoms with E-state index in [0.29, 0.717) is 19.5 Å². The maximum atomic E-state index is 11.7. The van der Waals surface area contributed by atoms with E-state index in [2.05, 4.69) is 10.6 Å². The second kappa shape index (κ2) is 4.55. The molecule has 2 heterocycles. The predicted octanol–water partition coefficient (Wildman–Crippen LogP) is 0.240. The zero-order chi connectivity index (χ0) is 13.4. The van der Waals surface area contributed by atoms with E-state index in [1.165, 1.54) is 0 Å². The van der Waals surface area contributed by atoms with Crippen molar-refractivity contribution < 1.29 is 14.7 Å². The molecular formula is C13H15N3O3. The SMILES string of the molecule is O=C1Cc2cc(C3CN(CCO)C(=O)N3)ccc2N1. The lowest BCUT2D eigenvalue weighted by molar-refractivity contribution is -0.115. The summed E-state index contributed by atoms with van der Waals surface area (Å²) in [5, 5.41) is 14.6. The zero-order valence-corrected chi connectivity index (χ0v) is 10.3. The van der Waals surface area contributed by atoms with Crippen molar-refractivity contribution in [1.82, 2.24) is 10.2 Å². The molecule has 0 spiro atoms. The highest BCUT2D eigenvalue weighted by Crippen LogP contribution is 2.28. The number of fused-ring (bicyclic) bond motifs is 1. The number of hydrogen-bond acceptors (Lipinski definition) is 3. The number of anilines is 1. The third-order valence-electron chi connectivity index (χ3n) is 3.51. The van der Waals surface area contributed by atoms with Gasteiger partial charge in [-0.1, -0.05) is 12.1 Å². The fraction of sp³-hybridized carbons (Fsp3) is 0.385. The molecule has 3 N–H and O–H groups in total. The first kappa shape index (κ1) is 12.0. The Morgan fingerprint density at radius 2 is 2.21 bits per heavy atom. The first-order valence-corrected chi connectivity index (χ1v) is 6.26. The molecule has 2 aliphatic heterocycles. The molecule has 1 aromatic rings. The van der Waals surface area contributed by atoms with Crippen molar-refractivity contribution in [2.45, 2.75) is 12.5 Å². The summed E-state index contributed by atoms with van der Waals surface area (Å²) < 4.78 is 0. The molecule has 6 heteroatoms. The quantitative estimate of drug-likeness (QED) is 0.729. The van der Waals surface area contributed by atoms with Gasteiger partial charge in [-0.15, -0.1) is 0 Å². The van der Waals surface area contributed by atoms with Crippen LogP contribution in [0.5, 0.6) is 0 Å². The molecule has 1 aromatic carbocycles. The van der Waals surface area contributed by atoms with E-state index >= 15 is 0 Å². The Balaban J connectivity index is 1.79. The molecule has 3 amide bonds. The van der Waals surface area contributed by atoms with Gasteiger partial charge in [0.15, 0.2) is 0 Å². The van der Waals surface area contributed by atoms with Crippen molar-refractivity contribution in [1.29, 1.82) is 0 Å². The van der Waals surface area contributed by atoms with Gasteiger partial charge in [0.1, 0.15) is 0 Å². The Hall–Kier alpha value is -2.08. The summed E-state index contributed by atoms with van der Waals surface area (Å²) in [5.74, 6) is 0.00418. The summed E-state index contributed by atoms with van der Waals surface area (Å²) >= 11 is 0. The van der Waals surface area contributed by atoms with Crippen LogP contribution in [0, 0.1) is 0 Å². The van der Waals surface area contributed by atoms with E-state index < -0.39 is 0 Å². The Morgan fingerprint density at radius 3 is 3.00 bits per heavy atom. The number of nitrogens with one attached hydrogen (secondary N) is 2. The van der Waals surface area contributed by atoms with Crippen LogP contribution in [0.15, 0.2) is 18.2 Å². The van der Waals surface area contributed by atoms with Gasteiger partial charge >= 0.3 is 6.03 Å². The number of rotatable bonds is 3. The average Bonchev–Trinajstić information content (AvgIpc) is 2.91. The minimum absolute atomic E-state index is 0.00418. The fourth-order valence-corrected chi connectivity index (χ4v) is 2.56. The molecule has 6 nitrogen and oxygen atoms in total. The molecular weight excluding hydrogens is 246 g/mol. The maximum Gasteiger partial charge on any atom is 0.318 e. The number of carbonyl (C=O) groups excluding carboxylic acids is 2. The third kappa shape index (κ3) is 2.15. The van der Waals surface area contributed by atoms with Crippen molar-refractivity contribution >= 4 is 17.6 Å². The van der Waals surface area contributed by atoms with Crippen LogP contribution in [0.3, 0.4) is 0 Å². The van der Waals surface area contributed by atoms with Crippen molar-refractivity contribution in [2.75, 3.05) is 25.0 Å². The fourth-order valence-electron chi connectivity index (χ4n) is 2.56. The van der Waals surface area contributed by atoms with E-state index in [1.54, 1.807) is 4.90 Å². The van der Waals surface area contributed by atoms with Crippen LogP contribution in [0.1, 0.15) is 17.2 Å². The Bertz CT molecular complexity index is 544. The second-order valence-electron chi connectivity index (χ2n) is 4.81. The predicted molar refractivity (Wildman–Crippen MR) is 68.7 cm³/mol. The van der Waals surface area contributed by atoms with E-state index in [1.807, 2.05) is 18.2 Å². The number of carbonyl (C=O) groups is 2. The van der Waals surface area contributed by atoms with Crippen LogP contribution in [-0.2, 0) is 11.2 Å². The third-order valence-corrected chi connectivity index (χ3v) is 3.51. The molecule has 0 radical (unpaired) electrons. The number of aliphatic hydroxyl groups is 1. The van der Waals surface area contributed by atoms with Crippen molar-refractivity contribution in [3.8, 4) is 0 Å². The number of amides is 3. The number of hydrogen-bond donors (Lipinski definition) is 3. The summed E-state index contributed by atoms with van der Waals surface area (Å²) in [6, 6.07) is 5.50. The van der Waals surface area contributed by atoms with Gasteiger partial charge in [-0.2, -0.15) is 0 Å². The van der Waals surface area contributed by atoms with Gasteiger partial charge in [0.25, 0.3) is 0 Å². The summed E-state index contributed by atoms with van der Waals surface area (Å²) in [6.07, 6.45) is 0.393. The highest BCUT2D eigenvalue weighted by Gasteiger charge is 2.30. The summed E-state index contributed by atoms with van der Waals surface area (Å²) in [5.41, 5.74) is 2.81. The smallest absolute Gasteiger partial charge is 0.318 e. The molecule has 1 saturated heterocycles. The topological polar surface area (TPSA) is 81.7 Å². The van der Waals surface area contributed by atoms with Crippen molar-refractivity contribution in [3.05, 3.63) is 29.3 Å². The Morgan fingerprint density at radius 1 is 1.37 bits per heavy atom. The number of nitrogens with zero attached hydrogens (tertiary/aromatic N) is 1. The molecule has 0 saturated carbocycles. The van der Waals surface area contributed by atoms with E-state index in [0.717, 1.165) is 16.8 Å². The molecule has 3 rings (SSSR count). The molecule has 100 valence electrons. The zero-order valence-electron chi connectivity index (χ0n) is 10.3. The molecule has 0 aromatic heterocycles. The number of benzene rings is 1. The van der Waals surface area contributed by atoms with Crippen LogP contribution in [0.25, 0.3) is 0 Å². The highest BCUT2D eigenvalue weighted by molar-refractivity contribution is 5.99. The molecule has 1 unspecified atom stereocenters. The van der Waals surface area contributed by atoms with Gasteiger partial charge in [0.05, 0.1) is 19.1 Å². The standard InChI is InChI=1S/C13H15N3O3/c17-4-3-16-7-11(15-13(16)19)8-1-2-10-9(5-8)6-12(18)14-10/h1-2,5,11,17H,3-4,6-7H2,(H,14,18)(H,15,19). The lowest BCUT2D eigenvalue weighted by atomic mass is 10.0. The molecule has 19 heavy (non-hydrogen) atoms. The largest absolute Gasteiger partial charge is 0.395 e. The van der Waals surface area contributed by atoms with E-state index in [9.17, 15) is 9.59 Å². The molecule has 0 bridgehead atoms. The lowest BCUT2D eigenvalue weighted by Gasteiger charge is -2.13. The average molecular weight is 261 g/mol. The van der Waals surface area contributed by atoms with Gasteiger partial charge in [0, 0.05) is 18.8 Å².